The van der Waals surface area contributed by atoms with Crippen molar-refractivity contribution in [3.63, 3.8) is 0 Å². The Labute approximate surface area is 113 Å². The van der Waals surface area contributed by atoms with Crippen LogP contribution in [0, 0.1) is 12.8 Å². The van der Waals surface area contributed by atoms with Crippen molar-refractivity contribution in [3.8, 4) is 5.75 Å². The zero-order valence-electron chi connectivity index (χ0n) is 10.5. The molecule has 1 fully saturated rings. The van der Waals surface area contributed by atoms with Gasteiger partial charge in [-0.2, -0.15) is 0 Å². The van der Waals surface area contributed by atoms with Crippen LogP contribution in [0.2, 0.25) is 0 Å². The molecule has 2 atom stereocenters. The summed E-state index contributed by atoms with van der Waals surface area (Å²) >= 11 is 6.44. The van der Waals surface area contributed by atoms with Gasteiger partial charge in [0.15, 0.2) is 9.84 Å². The molecule has 0 bridgehead atoms. The normalized spacial score (nSPS) is 23.8. The lowest BCUT2D eigenvalue weighted by Gasteiger charge is -2.18. The standard InChI is InChI=1S/C13H17ClO3S/c1-9-7-11(17-2)3-4-12(9)13(14)10-5-6-18(15,16)8-10/h3-4,7,10,13H,5-6,8H2,1-2H3. The Morgan fingerprint density at radius 2 is 2.17 bits per heavy atom. The zero-order chi connectivity index (χ0) is 13.3. The number of halogens is 1. The van der Waals surface area contributed by atoms with Crippen molar-refractivity contribution >= 4 is 21.4 Å². The van der Waals surface area contributed by atoms with E-state index in [4.69, 9.17) is 16.3 Å². The highest BCUT2D eigenvalue weighted by atomic mass is 35.5. The minimum absolute atomic E-state index is 0.0174. The average Bonchev–Trinajstić information content (AvgIpc) is 2.68. The highest BCUT2D eigenvalue weighted by molar-refractivity contribution is 7.91. The first-order valence-electron chi connectivity index (χ1n) is 5.92. The maximum atomic E-state index is 11.5. The summed E-state index contributed by atoms with van der Waals surface area (Å²) in [6, 6.07) is 5.71. The van der Waals surface area contributed by atoms with E-state index in [0.717, 1.165) is 16.9 Å². The van der Waals surface area contributed by atoms with Gasteiger partial charge in [-0.3, -0.25) is 0 Å². The molecule has 5 heteroatoms. The van der Waals surface area contributed by atoms with E-state index in [2.05, 4.69) is 0 Å². The molecule has 0 saturated carbocycles. The molecule has 2 rings (SSSR count). The summed E-state index contributed by atoms with van der Waals surface area (Å²) in [5.41, 5.74) is 2.04. The molecular formula is C13H17ClO3S. The lowest BCUT2D eigenvalue weighted by Crippen LogP contribution is -2.11. The molecule has 1 aliphatic rings. The van der Waals surface area contributed by atoms with Crippen LogP contribution < -0.4 is 4.74 Å². The van der Waals surface area contributed by atoms with Crippen LogP contribution in [0.3, 0.4) is 0 Å². The van der Waals surface area contributed by atoms with Crippen LogP contribution in [-0.2, 0) is 9.84 Å². The Hall–Kier alpha value is -0.740. The SMILES string of the molecule is COc1ccc(C(Cl)C2CCS(=O)(=O)C2)c(C)c1. The lowest BCUT2D eigenvalue weighted by molar-refractivity contribution is 0.414. The molecule has 3 nitrogen and oxygen atoms in total. The molecule has 1 aliphatic heterocycles. The summed E-state index contributed by atoms with van der Waals surface area (Å²) in [4.78, 5) is 0. The first kappa shape index (κ1) is 13.7. The van der Waals surface area contributed by atoms with Crippen molar-refractivity contribution in [2.45, 2.75) is 18.7 Å². The summed E-state index contributed by atoms with van der Waals surface area (Å²) < 4.78 is 28.1. The van der Waals surface area contributed by atoms with Crippen molar-refractivity contribution < 1.29 is 13.2 Å². The Kier molecular flexibility index (Phi) is 3.87. The van der Waals surface area contributed by atoms with Crippen LogP contribution in [0.5, 0.6) is 5.75 Å². The first-order chi connectivity index (χ1) is 8.43. The Balaban J connectivity index is 2.21. The Bertz CT molecular complexity index is 539. The average molecular weight is 289 g/mol. The largest absolute Gasteiger partial charge is 0.497 e. The van der Waals surface area contributed by atoms with Crippen molar-refractivity contribution in [1.29, 1.82) is 0 Å². The fourth-order valence-electron chi connectivity index (χ4n) is 2.39. The topological polar surface area (TPSA) is 43.4 Å². The van der Waals surface area contributed by atoms with Crippen molar-refractivity contribution in [3.05, 3.63) is 29.3 Å². The van der Waals surface area contributed by atoms with Crippen molar-refractivity contribution in [1.82, 2.24) is 0 Å². The number of hydrogen-bond acceptors (Lipinski definition) is 3. The first-order valence-corrected chi connectivity index (χ1v) is 8.18. The van der Waals surface area contributed by atoms with Gasteiger partial charge in [0.2, 0.25) is 0 Å². The van der Waals surface area contributed by atoms with Gasteiger partial charge in [-0.25, -0.2) is 8.42 Å². The minimum Gasteiger partial charge on any atom is -0.497 e. The van der Waals surface area contributed by atoms with Crippen LogP contribution >= 0.6 is 11.6 Å². The third kappa shape index (κ3) is 2.81. The van der Waals surface area contributed by atoms with Crippen LogP contribution in [0.1, 0.15) is 22.9 Å². The van der Waals surface area contributed by atoms with Gasteiger partial charge in [0.25, 0.3) is 0 Å². The second-order valence-electron chi connectivity index (χ2n) is 4.79. The molecule has 0 aromatic heterocycles. The summed E-state index contributed by atoms with van der Waals surface area (Å²) in [5.74, 6) is 1.27. The van der Waals surface area contributed by atoms with E-state index in [1.54, 1.807) is 7.11 Å². The maximum Gasteiger partial charge on any atom is 0.150 e. The third-order valence-electron chi connectivity index (χ3n) is 3.46. The number of ether oxygens (including phenoxy) is 1. The van der Waals surface area contributed by atoms with Gasteiger partial charge in [0.1, 0.15) is 5.75 Å². The maximum absolute atomic E-state index is 11.5. The molecule has 1 aromatic carbocycles. The second-order valence-corrected chi connectivity index (χ2v) is 7.49. The fourth-order valence-corrected chi connectivity index (χ4v) is 4.80. The molecule has 100 valence electrons. The van der Waals surface area contributed by atoms with E-state index >= 15 is 0 Å². The van der Waals surface area contributed by atoms with Gasteiger partial charge in [-0.05, 0) is 42.5 Å². The highest BCUT2D eigenvalue weighted by Crippen LogP contribution is 2.38. The molecular weight excluding hydrogens is 272 g/mol. The van der Waals surface area contributed by atoms with Crippen LogP contribution in [0.15, 0.2) is 18.2 Å². The minimum atomic E-state index is -2.88. The molecule has 18 heavy (non-hydrogen) atoms. The number of sulfone groups is 1. The Morgan fingerprint density at radius 1 is 1.44 bits per heavy atom. The summed E-state index contributed by atoms with van der Waals surface area (Å²) in [5, 5.41) is -0.242. The molecule has 0 radical (unpaired) electrons. The van der Waals surface area contributed by atoms with Crippen molar-refractivity contribution in [2.75, 3.05) is 18.6 Å². The van der Waals surface area contributed by atoms with Crippen molar-refractivity contribution in [2.24, 2.45) is 5.92 Å². The number of hydrogen-bond donors (Lipinski definition) is 0. The van der Waals surface area contributed by atoms with Gasteiger partial charge in [0.05, 0.1) is 24.0 Å². The number of rotatable bonds is 3. The molecule has 2 unspecified atom stereocenters. The number of benzene rings is 1. The summed E-state index contributed by atoms with van der Waals surface area (Å²) in [6.07, 6.45) is 0.655. The third-order valence-corrected chi connectivity index (χ3v) is 5.84. The molecule has 0 spiro atoms. The zero-order valence-corrected chi connectivity index (χ0v) is 12.1. The Morgan fingerprint density at radius 3 is 2.67 bits per heavy atom. The highest BCUT2D eigenvalue weighted by Gasteiger charge is 2.34. The summed E-state index contributed by atoms with van der Waals surface area (Å²) in [7, 11) is -1.26. The molecule has 0 amide bonds. The second kappa shape index (κ2) is 5.10. The molecule has 1 heterocycles. The van der Waals surface area contributed by atoms with E-state index in [9.17, 15) is 8.42 Å². The van der Waals surface area contributed by atoms with E-state index in [1.807, 2.05) is 25.1 Å². The predicted molar refractivity (Wildman–Crippen MR) is 73.1 cm³/mol. The molecule has 1 saturated heterocycles. The molecule has 1 aromatic rings. The summed E-state index contributed by atoms with van der Waals surface area (Å²) in [6.45, 7) is 1.97. The molecule has 0 aliphatic carbocycles. The van der Waals surface area contributed by atoms with Crippen LogP contribution in [0.25, 0.3) is 0 Å². The van der Waals surface area contributed by atoms with Gasteiger partial charge in [0, 0.05) is 0 Å². The number of alkyl halides is 1. The number of aryl methyl sites for hydroxylation is 1. The van der Waals surface area contributed by atoms with Crippen LogP contribution in [-0.4, -0.2) is 27.0 Å². The van der Waals surface area contributed by atoms with E-state index < -0.39 is 9.84 Å². The quantitative estimate of drug-likeness (QED) is 0.803. The number of methoxy groups -OCH3 is 1. The monoisotopic (exact) mass is 288 g/mol. The smallest absolute Gasteiger partial charge is 0.150 e. The van der Waals surface area contributed by atoms with Gasteiger partial charge in [-0.1, -0.05) is 6.07 Å². The lowest BCUT2D eigenvalue weighted by atomic mass is 9.95. The molecule has 0 N–H and O–H groups in total. The fraction of sp³-hybridized carbons (Fsp3) is 0.538. The van der Waals surface area contributed by atoms with Gasteiger partial charge in [-0.15, -0.1) is 11.6 Å². The van der Waals surface area contributed by atoms with Gasteiger partial charge >= 0.3 is 0 Å². The van der Waals surface area contributed by atoms with E-state index in [1.165, 1.54) is 0 Å². The predicted octanol–water partition coefficient (Wildman–Crippen LogP) is 2.72. The van der Waals surface area contributed by atoms with E-state index in [0.29, 0.717) is 6.42 Å². The van der Waals surface area contributed by atoms with Gasteiger partial charge < -0.3 is 4.74 Å². The van der Waals surface area contributed by atoms with E-state index in [-0.39, 0.29) is 22.8 Å². The van der Waals surface area contributed by atoms with Crippen LogP contribution in [0.4, 0.5) is 0 Å².